The molecule has 1 unspecified atom stereocenters. The standard InChI is InChI=1S/C13H18BrNO/c1-8-7-10(9(2)13(16)12(8)14)11-5-3-4-6-15-11/h7,11,15-16H,3-6H2,1-2H3. The first kappa shape index (κ1) is 11.9. The summed E-state index contributed by atoms with van der Waals surface area (Å²) in [5, 5.41) is 13.5. The van der Waals surface area contributed by atoms with Crippen molar-refractivity contribution >= 4 is 15.9 Å². The molecule has 0 radical (unpaired) electrons. The zero-order chi connectivity index (χ0) is 11.7. The van der Waals surface area contributed by atoms with Crippen LogP contribution in [0.5, 0.6) is 5.75 Å². The first-order valence-electron chi connectivity index (χ1n) is 5.83. The molecule has 1 heterocycles. The van der Waals surface area contributed by atoms with E-state index in [9.17, 15) is 5.11 Å². The Morgan fingerprint density at radius 2 is 2.12 bits per heavy atom. The van der Waals surface area contributed by atoms with Gasteiger partial charge >= 0.3 is 0 Å². The van der Waals surface area contributed by atoms with E-state index in [-0.39, 0.29) is 0 Å². The zero-order valence-corrected chi connectivity index (χ0v) is 11.4. The van der Waals surface area contributed by atoms with Crippen molar-refractivity contribution in [2.75, 3.05) is 6.54 Å². The Hall–Kier alpha value is -0.540. The Kier molecular flexibility index (Phi) is 3.55. The minimum atomic E-state index is 0.391. The highest BCUT2D eigenvalue weighted by Crippen LogP contribution is 2.37. The molecule has 1 aromatic carbocycles. The summed E-state index contributed by atoms with van der Waals surface area (Å²) in [6.45, 7) is 5.10. The van der Waals surface area contributed by atoms with Crippen molar-refractivity contribution in [2.24, 2.45) is 0 Å². The highest BCUT2D eigenvalue weighted by atomic mass is 79.9. The van der Waals surface area contributed by atoms with E-state index < -0.39 is 0 Å². The molecule has 0 aromatic heterocycles. The van der Waals surface area contributed by atoms with Crippen LogP contribution in [0.4, 0.5) is 0 Å². The van der Waals surface area contributed by atoms with Crippen LogP contribution >= 0.6 is 15.9 Å². The molecule has 1 aliphatic heterocycles. The number of phenolic OH excluding ortho intramolecular Hbond substituents is 1. The molecule has 1 saturated heterocycles. The molecule has 2 N–H and O–H groups in total. The van der Waals surface area contributed by atoms with Crippen LogP contribution in [0.25, 0.3) is 0 Å². The number of piperidine rings is 1. The predicted octanol–water partition coefficient (Wildman–Crippen LogP) is 3.59. The summed E-state index contributed by atoms with van der Waals surface area (Å²) < 4.78 is 0.824. The van der Waals surface area contributed by atoms with Gasteiger partial charge in [-0.05, 0) is 65.9 Å². The summed E-state index contributed by atoms with van der Waals surface area (Å²) >= 11 is 3.42. The van der Waals surface area contributed by atoms with Crippen LogP contribution in [0.15, 0.2) is 10.5 Å². The normalized spacial score (nSPS) is 21.1. The second-order valence-electron chi connectivity index (χ2n) is 4.57. The van der Waals surface area contributed by atoms with Gasteiger partial charge in [-0.15, -0.1) is 0 Å². The lowest BCUT2D eigenvalue weighted by Gasteiger charge is -2.26. The molecule has 88 valence electrons. The van der Waals surface area contributed by atoms with Gasteiger partial charge in [-0.1, -0.05) is 12.5 Å². The second kappa shape index (κ2) is 4.76. The Morgan fingerprint density at radius 3 is 2.75 bits per heavy atom. The van der Waals surface area contributed by atoms with Gasteiger partial charge in [0.1, 0.15) is 5.75 Å². The first-order chi connectivity index (χ1) is 7.61. The molecule has 3 heteroatoms. The zero-order valence-electron chi connectivity index (χ0n) is 9.81. The number of halogens is 1. The minimum Gasteiger partial charge on any atom is -0.506 e. The molecular formula is C13H18BrNO. The number of rotatable bonds is 1. The molecular weight excluding hydrogens is 266 g/mol. The Labute approximate surface area is 105 Å². The SMILES string of the molecule is Cc1cc(C2CCCCN2)c(C)c(O)c1Br. The first-order valence-corrected chi connectivity index (χ1v) is 6.62. The fourth-order valence-electron chi connectivity index (χ4n) is 2.37. The molecule has 1 aromatic rings. The summed E-state index contributed by atoms with van der Waals surface area (Å²) in [6.07, 6.45) is 3.70. The maximum absolute atomic E-state index is 10.0. The van der Waals surface area contributed by atoms with Gasteiger partial charge in [-0.25, -0.2) is 0 Å². The largest absolute Gasteiger partial charge is 0.506 e. The van der Waals surface area contributed by atoms with Gasteiger partial charge in [0, 0.05) is 6.04 Å². The summed E-state index contributed by atoms with van der Waals surface area (Å²) in [5.74, 6) is 0.391. The van der Waals surface area contributed by atoms with E-state index >= 15 is 0 Å². The third-order valence-electron chi connectivity index (χ3n) is 3.40. The lowest BCUT2D eigenvalue weighted by molar-refractivity contribution is 0.406. The fraction of sp³-hybridized carbons (Fsp3) is 0.538. The van der Waals surface area contributed by atoms with Crippen molar-refractivity contribution in [1.82, 2.24) is 5.32 Å². The lowest BCUT2D eigenvalue weighted by atomic mass is 9.92. The van der Waals surface area contributed by atoms with Crippen molar-refractivity contribution in [3.05, 3.63) is 27.2 Å². The van der Waals surface area contributed by atoms with Crippen molar-refractivity contribution in [1.29, 1.82) is 0 Å². The van der Waals surface area contributed by atoms with E-state index in [1.807, 2.05) is 13.8 Å². The molecule has 1 atom stereocenters. The molecule has 2 rings (SSSR count). The van der Waals surface area contributed by atoms with Crippen LogP contribution in [0.3, 0.4) is 0 Å². The number of aryl methyl sites for hydroxylation is 1. The number of phenols is 1. The van der Waals surface area contributed by atoms with E-state index in [4.69, 9.17) is 0 Å². The third kappa shape index (κ3) is 2.11. The Bertz CT molecular complexity index is 397. The van der Waals surface area contributed by atoms with Crippen molar-refractivity contribution < 1.29 is 5.11 Å². The molecule has 0 aliphatic carbocycles. The van der Waals surface area contributed by atoms with Gasteiger partial charge in [-0.3, -0.25) is 0 Å². The third-order valence-corrected chi connectivity index (χ3v) is 4.40. The number of hydrogen-bond donors (Lipinski definition) is 2. The number of nitrogens with one attached hydrogen (secondary N) is 1. The Balaban J connectivity index is 2.40. The summed E-state index contributed by atoms with van der Waals surface area (Å²) in [5.41, 5.74) is 3.35. The van der Waals surface area contributed by atoms with Crippen LogP contribution in [-0.2, 0) is 0 Å². The van der Waals surface area contributed by atoms with E-state index in [1.54, 1.807) is 0 Å². The fourth-order valence-corrected chi connectivity index (χ4v) is 2.78. The summed E-state index contributed by atoms with van der Waals surface area (Å²) in [6, 6.07) is 2.59. The molecule has 1 fully saturated rings. The van der Waals surface area contributed by atoms with Crippen LogP contribution < -0.4 is 5.32 Å². The van der Waals surface area contributed by atoms with Gasteiger partial charge in [0.15, 0.2) is 0 Å². The monoisotopic (exact) mass is 283 g/mol. The summed E-state index contributed by atoms with van der Waals surface area (Å²) in [7, 11) is 0. The van der Waals surface area contributed by atoms with Crippen LogP contribution in [0.2, 0.25) is 0 Å². The molecule has 0 amide bonds. The van der Waals surface area contributed by atoms with E-state index in [1.165, 1.54) is 24.8 Å². The summed E-state index contributed by atoms with van der Waals surface area (Å²) in [4.78, 5) is 0. The van der Waals surface area contributed by atoms with Crippen LogP contribution in [0.1, 0.15) is 42.0 Å². The van der Waals surface area contributed by atoms with Gasteiger partial charge < -0.3 is 10.4 Å². The molecule has 16 heavy (non-hydrogen) atoms. The Morgan fingerprint density at radius 1 is 1.38 bits per heavy atom. The minimum absolute atomic E-state index is 0.391. The molecule has 0 bridgehead atoms. The van der Waals surface area contributed by atoms with Crippen LogP contribution in [-0.4, -0.2) is 11.7 Å². The van der Waals surface area contributed by atoms with E-state index in [0.29, 0.717) is 11.8 Å². The van der Waals surface area contributed by atoms with Crippen molar-refractivity contribution in [2.45, 2.75) is 39.2 Å². The van der Waals surface area contributed by atoms with Crippen molar-refractivity contribution in [3.8, 4) is 5.75 Å². The lowest BCUT2D eigenvalue weighted by Crippen LogP contribution is -2.27. The van der Waals surface area contributed by atoms with Crippen molar-refractivity contribution in [3.63, 3.8) is 0 Å². The highest BCUT2D eigenvalue weighted by molar-refractivity contribution is 9.10. The smallest absolute Gasteiger partial charge is 0.133 e. The average molecular weight is 284 g/mol. The average Bonchev–Trinajstić information content (AvgIpc) is 2.32. The van der Waals surface area contributed by atoms with Gasteiger partial charge in [0.2, 0.25) is 0 Å². The molecule has 2 nitrogen and oxygen atoms in total. The van der Waals surface area contributed by atoms with E-state index in [2.05, 4.69) is 27.3 Å². The highest BCUT2D eigenvalue weighted by Gasteiger charge is 2.20. The number of hydrogen-bond acceptors (Lipinski definition) is 2. The van der Waals surface area contributed by atoms with E-state index in [0.717, 1.165) is 22.1 Å². The quantitative estimate of drug-likeness (QED) is 0.826. The van der Waals surface area contributed by atoms with Gasteiger partial charge in [0.25, 0.3) is 0 Å². The van der Waals surface area contributed by atoms with Gasteiger partial charge in [0.05, 0.1) is 4.47 Å². The molecule has 0 spiro atoms. The van der Waals surface area contributed by atoms with Gasteiger partial charge in [-0.2, -0.15) is 0 Å². The number of benzene rings is 1. The van der Waals surface area contributed by atoms with Crippen LogP contribution in [0, 0.1) is 13.8 Å². The molecule has 0 saturated carbocycles. The predicted molar refractivity (Wildman–Crippen MR) is 69.9 cm³/mol. The maximum atomic E-state index is 10.0. The molecule has 1 aliphatic rings. The second-order valence-corrected chi connectivity index (χ2v) is 5.37. The number of aromatic hydroxyl groups is 1. The maximum Gasteiger partial charge on any atom is 0.133 e. The topological polar surface area (TPSA) is 32.3 Å².